The molecule has 3 heteroatoms. The third-order valence-electron chi connectivity index (χ3n) is 2.07. The monoisotopic (exact) mass is 206 g/mol. The van der Waals surface area contributed by atoms with E-state index in [0.29, 0.717) is 13.0 Å². The highest BCUT2D eigenvalue weighted by Gasteiger charge is 2.01. The van der Waals surface area contributed by atoms with E-state index in [-0.39, 0.29) is 5.91 Å². The van der Waals surface area contributed by atoms with Crippen LogP contribution in [0.1, 0.15) is 19.4 Å². The van der Waals surface area contributed by atoms with Gasteiger partial charge in [0.05, 0.1) is 6.42 Å². The van der Waals surface area contributed by atoms with Gasteiger partial charge < -0.3 is 10.6 Å². The van der Waals surface area contributed by atoms with Crippen molar-refractivity contribution in [3.63, 3.8) is 0 Å². The molecule has 2 N–H and O–H groups in total. The molecule has 0 radical (unpaired) electrons. The van der Waals surface area contributed by atoms with Gasteiger partial charge in [-0.2, -0.15) is 0 Å². The molecule has 0 aliphatic rings. The summed E-state index contributed by atoms with van der Waals surface area (Å²) in [5.41, 5.74) is 2.14. The van der Waals surface area contributed by atoms with Crippen LogP contribution in [0.4, 0.5) is 5.69 Å². The first-order valence-electron chi connectivity index (χ1n) is 5.35. The zero-order chi connectivity index (χ0) is 11.1. The van der Waals surface area contributed by atoms with Gasteiger partial charge in [-0.05, 0) is 31.5 Å². The van der Waals surface area contributed by atoms with Crippen molar-refractivity contribution in [1.29, 1.82) is 0 Å². The number of carbonyl (C=O) groups excluding carboxylic acids is 1. The van der Waals surface area contributed by atoms with Crippen molar-refractivity contribution in [1.82, 2.24) is 5.32 Å². The Hall–Kier alpha value is -1.51. The van der Waals surface area contributed by atoms with E-state index in [2.05, 4.69) is 17.6 Å². The molecule has 1 aromatic rings. The van der Waals surface area contributed by atoms with E-state index in [0.717, 1.165) is 17.8 Å². The highest BCUT2D eigenvalue weighted by atomic mass is 16.1. The zero-order valence-electron chi connectivity index (χ0n) is 9.34. The number of carbonyl (C=O) groups is 1. The highest BCUT2D eigenvalue weighted by Crippen LogP contribution is 2.09. The second kappa shape index (κ2) is 6.06. The van der Waals surface area contributed by atoms with Crippen LogP contribution >= 0.6 is 0 Å². The van der Waals surface area contributed by atoms with Crippen LogP contribution in [0.3, 0.4) is 0 Å². The number of rotatable bonds is 5. The van der Waals surface area contributed by atoms with Gasteiger partial charge in [0.1, 0.15) is 0 Å². The largest absolute Gasteiger partial charge is 0.385 e. The summed E-state index contributed by atoms with van der Waals surface area (Å²) < 4.78 is 0. The molecule has 82 valence electrons. The van der Waals surface area contributed by atoms with Crippen molar-refractivity contribution in [3.8, 4) is 0 Å². The summed E-state index contributed by atoms with van der Waals surface area (Å²) >= 11 is 0. The van der Waals surface area contributed by atoms with Gasteiger partial charge >= 0.3 is 0 Å². The van der Waals surface area contributed by atoms with Gasteiger partial charge in [0.25, 0.3) is 0 Å². The topological polar surface area (TPSA) is 41.1 Å². The van der Waals surface area contributed by atoms with Gasteiger partial charge in [-0.1, -0.05) is 12.1 Å². The predicted octanol–water partition coefficient (Wildman–Crippen LogP) is 1.80. The fourth-order valence-corrected chi connectivity index (χ4v) is 1.39. The molecule has 0 bridgehead atoms. The molecule has 0 aromatic heterocycles. The quantitative estimate of drug-likeness (QED) is 0.771. The molecule has 0 aliphatic carbocycles. The normalized spacial score (nSPS) is 9.73. The van der Waals surface area contributed by atoms with Gasteiger partial charge in [-0.15, -0.1) is 0 Å². The molecule has 0 atom stereocenters. The van der Waals surface area contributed by atoms with Crippen LogP contribution in [0.15, 0.2) is 24.3 Å². The Morgan fingerprint density at radius 2 is 1.80 bits per heavy atom. The number of amides is 1. The Balaban J connectivity index is 2.52. The van der Waals surface area contributed by atoms with E-state index in [1.165, 1.54) is 0 Å². The fraction of sp³-hybridized carbons (Fsp3) is 0.417. The van der Waals surface area contributed by atoms with Crippen molar-refractivity contribution < 1.29 is 4.79 Å². The van der Waals surface area contributed by atoms with Crippen molar-refractivity contribution in [2.24, 2.45) is 0 Å². The van der Waals surface area contributed by atoms with Crippen LogP contribution in [0.5, 0.6) is 0 Å². The number of nitrogens with one attached hydrogen (secondary N) is 2. The molecule has 0 fully saturated rings. The first-order valence-corrected chi connectivity index (χ1v) is 5.35. The third kappa shape index (κ3) is 4.02. The number of benzene rings is 1. The number of hydrogen-bond donors (Lipinski definition) is 2. The molecule has 1 amide bonds. The Labute approximate surface area is 90.9 Å². The van der Waals surface area contributed by atoms with Crippen LogP contribution < -0.4 is 10.6 Å². The first kappa shape index (κ1) is 11.6. The van der Waals surface area contributed by atoms with Gasteiger partial charge in [0, 0.05) is 18.8 Å². The van der Waals surface area contributed by atoms with Crippen LogP contribution in [0, 0.1) is 0 Å². The summed E-state index contributed by atoms with van der Waals surface area (Å²) in [5.74, 6) is 0.0775. The molecule has 3 nitrogen and oxygen atoms in total. The Morgan fingerprint density at radius 1 is 1.13 bits per heavy atom. The first-order chi connectivity index (χ1) is 7.26. The Kier molecular flexibility index (Phi) is 4.68. The SMILES string of the molecule is CCNC(=O)Cc1ccc(NCC)cc1. The lowest BCUT2D eigenvalue weighted by molar-refractivity contribution is -0.120. The van der Waals surface area contributed by atoms with E-state index < -0.39 is 0 Å². The highest BCUT2D eigenvalue weighted by molar-refractivity contribution is 5.78. The second-order valence-corrected chi connectivity index (χ2v) is 3.36. The molecule has 0 heterocycles. The molecular weight excluding hydrogens is 188 g/mol. The predicted molar refractivity (Wildman–Crippen MR) is 63.0 cm³/mol. The van der Waals surface area contributed by atoms with E-state index in [1.54, 1.807) is 0 Å². The van der Waals surface area contributed by atoms with Crippen LogP contribution in [-0.4, -0.2) is 19.0 Å². The average molecular weight is 206 g/mol. The maximum absolute atomic E-state index is 11.3. The third-order valence-corrected chi connectivity index (χ3v) is 2.07. The van der Waals surface area contributed by atoms with Crippen molar-refractivity contribution in [2.75, 3.05) is 18.4 Å². The number of likely N-dealkylation sites (N-methyl/N-ethyl adjacent to an activating group) is 1. The van der Waals surface area contributed by atoms with Gasteiger partial charge in [-0.3, -0.25) is 4.79 Å². The standard InChI is InChI=1S/C12H18N2O/c1-3-13-11-7-5-10(6-8-11)9-12(15)14-4-2/h5-8,13H,3-4,9H2,1-2H3,(H,14,15). The summed E-state index contributed by atoms with van der Waals surface area (Å²) in [6, 6.07) is 7.95. The molecular formula is C12H18N2O. The lowest BCUT2D eigenvalue weighted by Gasteiger charge is -2.05. The molecule has 0 saturated heterocycles. The minimum absolute atomic E-state index is 0.0775. The minimum Gasteiger partial charge on any atom is -0.385 e. The van der Waals surface area contributed by atoms with Gasteiger partial charge in [0.2, 0.25) is 5.91 Å². The number of anilines is 1. The van der Waals surface area contributed by atoms with Gasteiger partial charge in [0.15, 0.2) is 0 Å². The van der Waals surface area contributed by atoms with Crippen molar-refractivity contribution in [2.45, 2.75) is 20.3 Å². The van der Waals surface area contributed by atoms with Crippen LogP contribution in [0.2, 0.25) is 0 Å². The summed E-state index contributed by atoms with van der Waals surface area (Å²) in [5, 5.41) is 5.99. The molecule has 15 heavy (non-hydrogen) atoms. The molecule has 0 spiro atoms. The van der Waals surface area contributed by atoms with E-state index >= 15 is 0 Å². The maximum atomic E-state index is 11.3. The van der Waals surface area contributed by atoms with E-state index in [1.807, 2.05) is 31.2 Å². The van der Waals surface area contributed by atoms with Crippen molar-refractivity contribution in [3.05, 3.63) is 29.8 Å². The maximum Gasteiger partial charge on any atom is 0.224 e. The average Bonchev–Trinajstić information content (AvgIpc) is 2.22. The molecule has 0 saturated carbocycles. The van der Waals surface area contributed by atoms with E-state index in [4.69, 9.17) is 0 Å². The molecule has 0 aliphatic heterocycles. The van der Waals surface area contributed by atoms with Crippen LogP contribution in [-0.2, 0) is 11.2 Å². The Morgan fingerprint density at radius 3 is 2.33 bits per heavy atom. The molecule has 0 unspecified atom stereocenters. The second-order valence-electron chi connectivity index (χ2n) is 3.36. The number of hydrogen-bond acceptors (Lipinski definition) is 2. The lowest BCUT2D eigenvalue weighted by Crippen LogP contribution is -2.24. The zero-order valence-corrected chi connectivity index (χ0v) is 9.34. The Bertz CT molecular complexity index is 306. The minimum atomic E-state index is 0.0775. The smallest absolute Gasteiger partial charge is 0.224 e. The summed E-state index contributed by atoms with van der Waals surface area (Å²) in [6.07, 6.45) is 0.459. The summed E-state index contributed by atoms with van der Waals surface area (Å²) in [4.78, 5) is 11.3. The summed E-state index contributed by atoms with van der Waals surface area (Å²) in [6.45, 7) is 5.58. The van der Waals surface area contributed by atoms with Crippen molar-refractivity contribution >= 4 is 11.6 Å². The molecule has 1 rings (SSSR count). The fourth-order valence-electron chi connectivity index (χ4n) is 1.39. The lowest BCUT2D eigenvalue weighted by atomic mass is 10.1. The molecule has 1 aromatic carbocycles. The van der Waals surface area contributed by atoms with Crippen LogP contribution in [0.25, 0.3) is 0 Å². The summed E-state index contributed by atoms with van der Waals surface area (Å²) in [7, 11) is 0. The van der Waals surface area contributed by atoms with E-state index in [9.17, 15) is 4.79 Å². The van der Waals surface area contributed by atoms with Gasteiger partial charge in [-0.25, -0.2) is 0 Å².